The van der Waals surface area contributed by atoms with E-state index in [2.05, 4.69) is 52.5 Å². The van der Waals surface area contributed by atoms with E-state index in [9.17, 15) is 8.78 Å². The summed E-state index contributed by atoms with van der Waals surface area (Å²) >= 11 is 3.65. The third-order valence-corrected chi connectivity index (χ3v) is 5.19. The van der Waals surface area contributed by atoms with Crippen molar-refractivity contribution >= 4 is 24.5 Å². The number of halogens is 2. The van der Waals surface area contributed by atoms with Crippen LogP contribution in [0.2, 0.25) is 0 Å². The van der Waals surface area contributed by atoms with Crippen LogP contribution in [0.1, 0.15) is 46.6 Å². The fourth-order valence-corrected chi connectivity index (χ4v) is 3.34. The summed E-state index contributed by atoms with van der Waals surface area (Å²) in [6.45, 7) is 10.7. The highest BCUT2D eigenvalue weighted by atomic mass is 32.1. The van der Waals surface area contributed by atoms with E-state index in [4.69, 9.17) is 5.41 Å². The second-order valence-corrected chi connectivity index (χ2v) is 7.86. The smallest absolute Gasteiger partial charge is 0.110 e. The summed E-state index contributed by atoms with van der Waals surface area (Å²) in [6.07, 6.45) is 7.30. The summed E-state index contributed by atoms with van der Waals surface area (Å²) in [6, 6.07) is 6.75. The van der Waals surface area contributed by atoms with Gasteiger partial charge in [-0.2, -0.15) is 5.10 Å². The van der Waals surface area contributed by atoms with Crippen molar-refractivity contribution in [2.45, 2.75) is 47.1 Å². The lowest BCUT2D eigenvalue weighted by molar-refractivity contribution is 0.596. The predicted octanol–water partition coefficient (Wildman–Crippen LogP) is 6.50. The molecule has 2 atom stereocenters. The Morgan fingerprint density at radius 2 is 2.00 bits per heavy atom. The summed E-state index contributed by atoms with van der Waals surface area (Å²) in [4.78, 5) is 0.0370. The van der Waals surface area contributed by atoms with Crippen molar-refractivity contribution in [3.8, 4) is 11.1 Å². The number of nitrogens with zero attached hydrogens (tertiary/aromatic N) is 1. The molecule has 3 rings (SSSR count). The lowest BCUT2D eigenvalue weighted by atomic mass is 10.0. The Hall–Kier alpha value is -2.45. The van der Waals surface area contributed by atoms with Crippen molar-refractivity contribution in [1.29, 1.82) is 5.41 Å². The van der Waals surface area contributed by atoms with Gasteiger partial charge in [-0.15, -0.1) is 12.6 Å². The Morgan fingerprint density at radius 3 is 2.47 bits per heavy atom. The average molecular weight is 464 g/mol. The molecule has 0 amide bonds. The van der Waals surface area contributed by atoms with E-state index in [1.807, 2.05) is 26.1 Å². The van der Waals surface area contributed by atoms with Gasteiger partial charge in [0, 0.05) is 46.7 Å². The van der Waals surface area contributed by atoms with E-state index in [1.54, 1.807) is 6.20 Å². The van der Waals surface area contributed by atoms with Crippen molar-refractivity contribution in [1.82, 2.24) is 15.5 Å². The molecular weight excluding hydrogens is 428 g/mol. The van der Waals surface area contributed by atoms with E-state index >= 15 is 0 Å². The Morgan fingerprint density at radius 1 is 1.28 bits per heavy atom. The first kappa shape index (κ1) is 27.6. The second kappa shape index (κ2) is 14.6. The largest absolute Gasteiger partial charge is 0.384 e. The van der Waals surface area contributed by atoms with Gasteiger partial charge >= 0.3 is 0 Å². The van der Waals surface area contributed by atoms with Crippen LogP contribution in [0.25, 0.3) is 11.1 Å². The lowest BCUT2D eigenvalue weighted by Crippen LogP contribution is -2.19. The number of rotatable bonds is 6. The number of thiol groups is 1. The summed E-state index contributed by atoms with van der Waals surface area (Å²) in [7, 11) is 0. The summed E-state index contributed by atoms with van der Waals surface area (Å²) < 4.78 is 24.0. The second-order valence-electron chi connectivity index (χ2n) is 7.38. The molecule has 2 heterocycles. The van der Waals surface area contributed by atoms with Gasteiger partial charge < -0.3 is 16.0 Å². The van der Waals surface area contributed by atoms with Crippen LogP contribution in [0.15, 0.2) is 53.2 Å². The van der Waals surface area contributed by atoms with E-state index < -0.39 is 11.7 Å². The molecule has 1 unspecified atom stereocenters. The van der Waals surface area contributed by atoms with Crippen molar-refractivity contribution in [2.24, 2.45) is 5.92 Å². The van der Waals surface area contributed by atoms with Crippen LogP contribution < -0.4 is 10.6 Å². The number of H-pyrrole nitrogens is 1. The number of aromatic nitrogens is 2. The molecule has 5 nitrogen and oxygen atoms in total. The van der Waals surface area contributed by atoms with Gasteiger partial charge in [-0.3, -0.25) is 5.10 Å². The van der Waals surface area contributed by atoms with Gasteiger partial charge in [0.05, 0.1) is 12.0 Å². The van der Waals surface area contributed by atoms with Gasteiger partial charge in [0.25, 0.3) is 0 Å². The number of nitrogens with one attached hydrogen (secondary N) is 4. The minimum Gasteiger partial charge on any atom is -0.384 e. The molecule has 1 aliphatic rings. The maximum atomic E-state index is 12.0. The molecule has 176 valence electrons. The third-order valence-electron chi connectivity index (χ3n) is 4.75. The molecule has 1 aromatic heterocycles. The molecule has 2 aromatic rings. The molecule has 0 aliphatic carbocycles. The SMILES string of the molecule is C/C(F)=C(S)\C=C(/C)F.CC.C[C@H]1CC(CNc2ccc(-c3cn[nH]c3)cc2C=N)CN1. The van der Waals surface area contributed by atoms with Gasteiger partial charge in [-0.05, 0) is 63.4 Å². The molecule has 0 radical (unpaired) electrons. The number of hydrogen-bond donors (Lipinski definition) is 5. The first-order valence-electron chi connectivity index (χ1n) is 10.8. The van der Waals surface area contributed by atoms with Gasteiger partial charge in [-0.25, -0.2) is 8.78 Å². The normalized spacial score (nSPS) is 18.6. The number of aromatic amines is 1. The van der Waals surface area contributed by atoms with E-state index in [1.165, 1.54) is 26.5 Å². The summed E-state index contributed by atoms with van der Waals surface area (Å²) in [5.41, 5.74) is 4.05. The van der Waals surface area contributed by atoms with Gasteiger partial charge in [0.2, 0.25) is 0 Å². The minimum absolute atomic E-state index is 0.0370. The molecule has 0 saturated carbocycles. The van der Waals surface area contributed by atoms with Crippen LogP contribution >= 0.6 is 12.6 Å². The van der Waals surface area contributed by atoms with Crippen LogP contribution in [0, 0.1) is 11.3 Å². The molecule has 1 fully saturated rings. The quantitative estimate of drug-likeness (QED) is 0.193. The van der Waals surface area contributed by atoms with E-state index in [0.717, 1.165) is 41.5 Å². The van der Waals surface area contributed by atoms with E-state index in [-0.39, 0.29) is 4.91 Å². The van der Waals surface area contributed by atoms with Crippen LogP contribution in [0.4, 0.5) is 14.5 Å². The average Bonchev–Trinajstić information content (AvgIpc) is 3.45. The molecule has 8 heteroatoms. The summed E-state index contributed by atoms with van der Waals surface area (Å²) in [5, 5.41) is 21.4. The van der Waals surface area contributed by atoms with Gasteiger partial charge in [0.15, 0.2) is 0 Å². The predicted molar refractivity (Wildman–Crippen MR) is 135 cm³/mol. The van der Waals surface area contributed by atoms with Crippen LogP contribution in [-0.4, -0.2) is 35.5 Å². The highest BCUT2D eigenvalue weighted by Crippen LogP contribution is 2.24. The molecule has 1 aliphatic heterocycles. The van der Waals surface area contributed by atoms with Crippen LogP contribution in [0.3, 0.4) is 0 Å². The maximum Gasteiger partial charge on any atom is 0.110 e. The Bertz CT molecular complexity index is 886. The topological polar surface area (TPSA) is 76.6 Å². The first-order valence-corrected chi connectivity index (χ1v) is 11.2. The van der Waals surface area contributed by atoms with Crippen molar-refractivity contribution in [2.75, 3.05) is 18.4 Å². The standard InChI is InChI=1S/C16H21N5.C6H8F2S.C2H6/c1-11-4-12(7-18-11)8-19-16-3-2-13(5-14(16)6-17)15-9-20-21-10-15;1-4(7)3-6(9)5(2)8;1-2/h2-3,5-6,9-12,17-19H,4,7-8H2,1H3,(H,20,21);3,9H,1-2H3;1-2H3/b;4-3+,6-5-;/t11-,12?;;/m0../s1. The zero-order chi connectivity index (χ0) is 24.1. The molecule has 0 spiro atoms. The zero-order valence-electron chi connectivity index (χ0n) is 19.5. The van der Waals surface area contributed by atoms with Crippen LogP contribution in [0.5, 0.6) is 0 Å². The molecular formula is C24H35F2N5S. The fraction of sp³-hybridized carbons (Fsp3) is 0.417. The Balaban J connectivity index is 0.000000396. The fourth-order valence-electron chi connectivity index (χ4n) is 3.16. The zero-order valence-corrected chi connectivity index (χ0v) is 20.4. The minimum atomic E-state index is -0.477. The monoisotopic (exact) mass is 463 g/mol. The molecule has 0 bridgehead atoms. The van der Waals surface area contributed by atoms with Crippen molar-refractivity contribution in [3.05, 3.63) is 58.8 Å². The number of benzene rings is 1. The third kappa shape index (κ3) is 9.36. The number of hydrogen-bond acceptors (Lipinski definition) is 5. The highest BCUT2D eigenvalue weighted by molar-refractivity contribution is 7.84. The van der Waals surface area contributed by atoms with Gasteiger partial charge in [-0.1, -0.05) is 19.9 Å². The van der Waals surface area contributed by atoms with Crippen molar-refractivity contribution in [3.63, 3.8) is 0 Å². The Kier molecular flexibility index (Phi) is 12.6. The van der Waals surface area contributed by atoms with E-state index in [0.29, 0.717) is 12.0 Å². The maximum absolute atomic E-state index is 12.0. The van der Waals surface area contributed by atoms with Gasteiger partial charge in [0.1, 0.15) is 5.83 Å². The number of allylic oxidation sites excluding steroid dienone is 3. The van der Waals surface area contributed by atoms with Crippen LogP contribution in [-0.2, 0) is 0 Å². The summed E-state index contributed by atoms with van der Waals surface area (Å²) in [5.74, 6) is -0.264. The lowest BCUT2D eigenvalue weighted by Gasteiger charge is -2.14. The number of anilines is 1. The Labute approximate surface area is 195 Å². The highest BCUT2D eigenvalue weighted by Gasteiger charge is 2.20. The molecule has 1 aromatic carbocycles. The van der Waals surface area contributed by atoms with Crippen molar-refractivity contribution < 1.29 is 8.78 Å². The molecule has 4 N–H and O–H groups in total. The first-order chi connectivity index (χ1) is 15.3. The molecule has 1 saturated heterocycles. The molecule has 32 heavy (non-hydrogen) atoms.